The van der Waals surface area contributed by atoms with Crippen LogP contribution in [0.5, 0.6) is 0 Å². The number of esters is 1. The van der Waals surface area contributed by atoms with Crippen molar-refractivity contribution in [1.29, 1.82) is 0 Å². The molecule has 2 heterocycles. The monoisotopic (exact) mass is 345 g/mol. The van der Waals surface area contributed by atoms with Crippen LogP contribution in [0.3, 0.4) is 0 Å². The first-order chi connectivity index (χ1) is 11.6. The topological polar surface area (TPSA) is 97.4 Å². The highest BCUT2D eigenvalue weighted by atomic mass is 32.1. The minimum Gasteiger partial charge on any atom is -0.459 e. The van der Waals surface area contributed by atoms with Gasteiger partial charge in [0.25, 0.3) is 5.91 Å². The Morgan fingerprint density at radius 1 is 1.25 bits per heavy atom. The number of imide groups is 1. The van der Waals surface area contributed by atoms with Crippen molar-refractivity contribution < 1.29 is 19.1 Å². The van der Waals surface area contributed by atoms with Crippen LogP contribution in [0.15, 0.2) is 35.7 Å². The third kappa shape index (κ3) is 3.96. The number of aromatic nitrogens is 1. The van der Waals surface area contributed by atoms with Gasteiger partial charge in [-0.2, -0.15) is 0 Å². The van der Waals surface area contributed by atoms with E-state index in [4.69, 9.17) is 4.74 Å². The van der Waals surface area contributed by atoms with Gasteiger partial charge in [0.2, 0.25) is 0 Å². The van der Waals surface area contributed by atoms with Gasteiger partial charge < -0.3 is 10.1 Å². The zero-order chi connectivity index (χ0) is 16.9. The molecule has 1 aromatic heterocycles. The molecule has 24 heavy (non-hydrogen) atoms. The van der Waals surface area contributed by atoms with Crippen LogP contribution in [0, 0.1) is 0 Å². The molecule has 3 amide bonds. The van der Waals surface area contributed by atoms with Gasteiger partial charge in [0.05, 0.1) is 5.69 Å². The van der Waals surface area contributed by atoms with E-state index in [1.165, 1.54) is 11.3 Å². The molecule has 1 saturated heterocycles. The summed E-state index contributed by atoms with van der Waals surface area (Å²) in [6.07, 6.45) is 0.261. The first-order valence-corrected chi connectivity index (χ1v) is 8.26. The van der Waals surface area contributed by atoms with E-state index >= 15 is 0 Å². The Balaban J connectivity index is 1.46. The molecule has 0 spiro atoms. The maximum absolute atomic E-state index is 11.7. The van der Waals surface area contributed by atoms with Crippen LogP contribution in [0.4, 0.5) is 4.79 Å². The number of nitrogens with one attached hydrogen (secondary N) is 2. The molecule has 1 aromatic carbocycles. The van der Waals surface area contributed by atoms with Crippen LogP contribution >= 0.6 is 11.3 Å². The second-order valence-corrected chi connectivity index (χ2v) is 6.08. The number of carbonyl (C=O) groups excluding carboxylic acids is 3. The van der Waals surface area contributed by atoms with Gasteiger partial charge in [-0.3, -0.25) is 14.9 Å². The SMILES string of the molecule is O=C1NC(=O)[C@@H](CCC(=O)OCc2csc(-c3ccccc3)n2)N1. The van der Waals surface area contributed by atoms with Crippen molar-refractivity contribution in [1.82, 2.24) is 15.6 Å². The molecule has 1 aliphatic heterocycles. The molecular weight excluding hydrogens is 330 g/mol. The van der Waals surface area contributed by atoms with E-state index in [1.54, 1.807) is 0 Å². The Morgan fingerprint density at radius 2 is 2.04 bits per heavy atom. The summed E-state index contributed by atoms with van der Waals surface area (Å²) in [5.74, 6) is -0.849. The molecule has 124 valence electrons. The largest absolute Gasteiger partial charge is 0.459 e. The van der Waals surface area contributed by atoms with E-state index < -0.39 is 23.9 Å². The summed E-state index contributed by atoms with van der Waals surface area (Å²) < 4.78 is 5.16. The molecule has 2 N–H and O–H groups in total. The van der Waals surface area contributed by atoms with Gasteiger partial charge in [0.1, 0.15) is 17.7 Å². The van der Waals surface area contributed by atoms with Crippen LogP contribution in [0.25, 0.3) is 10.6 Å². The second kappa shape index (κ2) is 7.22. The molecule has 0 saturated carbocycles. The fraction of sp³-hybridized carbons (Fsp3) is 0.250. The maximum atomic E-state index is 11.7. The Labute approximate surface area is 142 Å². The lowest BCUT2D eigenvalue weighted by atomic mass is 10.1. The quantitative estimate of drug-likeness (QED) is 0.615. The molecule has 8 heteroatoms. The molecule has 0 unspecified atom stereocenters. The van der Waals surface area contributed by atoms with Gasteiger partial charge in [-0.15, -0.1) is 11.3 Å². The number of hydrogen-bond donors (Lipinski definition) is 2. The number of ether oxygens (including phenoxy) is 1. The third-order valence-corrected chi connectivity index (χ3v) is 4.39. The summed E-state index contributed by atoms with van der Waals surface area (Å²) in [6, 6.07) is 8.55. The zero-order valence-electron chi connectivity index (χ0n) is 12.7. The average molecular weight is 345 g/mol. The van der Waals surface area contributed by atoms with Crippen molar-refractivity contribution in [3.05, 3.63) is 41.4 Å². The first-order valence-electron chi connectivity index (χ1n) is 7.38. The molecular formula is C16H15N3O4S. The maximum Gasteiger partial charge on any atom is 0.322 e. The van der Waals surface area contributed by atoms with Gasteiger partial charge in [-0.25, -0.2) is 9.78 Å². The van der Waals surface area contributed by atoms with E-state index in [1.807, 2.05) is 35.7 Å². The fourth-order valence-electron chi connectivity index (χ4n) is 2.24. The third-order valence-electron chi connectivity index (χ3n) is 3.45. The van der Waals surface area contributed by atoms with Gasteiger partial charge in [0.15, 0.2) is 0 Å². The van der Waals surface area contributed by atoms with Gasteiger partial charge in [-0.1, -0.05) is 30.3 Å². The van der Waals surface area contributed by atoms with Crippen molar-refractivity contribution in [3.8, 4) is 10.6 Å². The first kappa shape index (κ1) is 16.1. The van der Waals surface area contributed by atoms with Crippen LogP contribution < -0.4 is 10.6 Å². The molecule has 1 fully saturated rings. The predicted molar refractivity (Wildman–Crippen MR) is 87.0 cm³/mol. The highest BCUT2D eigenvalue weighted by molar-refractivity contribution is 7.13. The van der Waals surface area contributed by atoms with E-state index in [2.05, 4.69) is 15.6 Å². The van der Waals surface area contributed by atoms with Crippen LogP contribution in [0.2, 0.25) is 0 Å². The van der Waals surface area contributed by atoms with E-state index in [0.29, 0.717) is 5.69 Å². The number of urea groups is 1. The summed E-state index contributed by atoms with van der Waals surface area (Å²) in [5, 5.41) is 7.27. The standard InChI is InChI=1S/C16H15N3O4S/c20-13(7-6-12-14(21)19-16(22)18-12)23-8-11-9-24-15(17-11)10-4-2-1-3-5-10/h1-5,9,12H,6-8H2,(H2,18,19,21,22)/t12-/m1/s1. The zero-order valence-corrected chi connectivity index (χ0v) is 13.5. The van der Waals surface area contributed by atoms with Crippen LogP contribution in [-0.4, -0.2) is 28.9 Å². The predicted octanol–water partition coefficient (Wildman–Crippen LogP) is 1.84. The molecule has 1 aliphatic rings. The molecule has 0 aliphatic carbocycles. The number of carbonyl (C=O) groups is 3. The Morgan fingerprint density at radius 3 is 2.75 bits per heavy atom. The number of benzene rings is 1. The van der Waals surface area contributed by atoms with Gasteiger partial charge in [-0.05, 0) is 6.42 Å². The summed E-state index contributed by atoms with van der Waals surface area (Å²) in [5.41, 5.74) is 1.70. The Kier molecular flexibility index (Phi) is 4.85. The number of hydrogen-bond acceptors (Lipinski definition) is 6. The van der Waals surface area contributed by atoms with Crippen molar-refractivity contribution in [2.24, 2.45) is 0 Å². The van der Waals surface area contributed by atoms with Crippen molar-refractivity contribution in [2.75, 3.05) is 0 Å². The lowest BCUT2D eigenvalue weighted by molar-refractivity contribution is -0.145. The van der Waals surface area contributed by atoms with E-state index in [0.717, 1.165) is 10.6 Å². The fourth-order valence-corrected chi connectivity index (χ4v) is 3.05. The molecule has 1 atom stereocenters. The molecule has 0 bridgehead atoms. The number of nitrogens with zero attached hydrogens (tertiary/aromatic N) is 1. The molecule has 2 aromatic rings. The molecule has 0 radical (unpaired) electrons. The normalized spacial score (nSPS) is 16.6. The summed E-state index contributed by atoms with van der Waals surface area (Å²) in [4.78, 5) is 38.5. The second-order valence-electron chi connectivity index (χ2n) is 5.22. The van der Waals surface area contributed by atoms with E-state index in [9.17, 15) is 14.4 Å². The lowest BCUT2D eigenvalue weighted by Crippen LogP contribution is -2.29. The highest BCUT2D eigenvalue weighted by Crippen LogP contribution is 2.23. The van der Waals surface area contributed by atoms with E-state index in [-0.39, 0.29) is 19.4 Å². The summed E-state index contributed by atoms with van der Waals surface area (Å²) in [7, 11) is 0. The number of thiazole rings is 1. The van der Waals surface area contributed by atoms with Crippen LogP contribution in [-0.2, 0) is 20.9 Å². The van der Waals surface area contributed by atoms with Gasteiger partial charge in [0, 0.05) is 17.4 Å². The molecule has 7 nitrogen and oxygen atoms in total. The van der Waals surface area contributed by atoms with Crippen molar-refractivity contribution in [3.63, 3.8) is 0 Å². The number of amides is 3. The smallest absolute Gasteiger partial charge is 0.322 e. The van der Waals surface area contributed by atoms with Crippen molar-refractivity contribution >= 4 is 29.2 Å². The van der Waals surface area contributed by atoms with Gasteiger partial charge >= 0.3 is 12.0 Å². The Bertz CT molecular complexity index is 760. The Hall–Kier alpha value is -2.74. The summed E-state index contributed by atoms with van der Waals surface area (Å²) >= 11 is 1.49. The van der Waals surface area contributed by atoms with Crippen molar-refractivity contribution in [2.45, 2.75) is 25.5 Å². The highest BCUT2D eigenvalue weighted by Gasteiger charge is 2.29. The molecule has 3 rings (SSSR count). The minimum absolute atomic E-state index is 0.0496. The average Bonchev–Trinajstić information content (AvgIpc) is 3.18. The minimum atomic E-state index is -0.672. The number of rotatable bonds is 6. The van der Waals surface area contributed by atoms with Crippen LogP contribution in [0.1, 0.15) is 18.5 Å². The lowest BCUT2D eigenvalue weighted by Gasteiger charge is -2.06. The summed E-state index contributed by atoms with van der Waals surface area (Å²) in [6.45, 7) is 0.0887.